The van der Waals surface area contributed by atoms with Crippen LogP contribution in [0.2, 0.25) is 0 Å². The van der Waals surface area contributed by atoms with Crippen LogP contribution in [-0.4, -0.2) is 31.3 Å². The Morgan fingerprint density at radius 2 is 1.58 bits per heavy atom. The van der Waals surface area contributed by atoms with Gasteiger partial charge in [0, 0.05) is 48.7 Å². The van der Waals surface area contributed by atoms with Crippen molar-refractivity contribution < 1.29 is 4.79 Å². The highest BCUT2D eigenvalue weighted by atomic mass is 16.1. The number of nitrogens with zero attached hydrogens (tertiary/aromatic N) is 3. The number of hydrogen-bond acceptors (Lipinski definition) is 4. The molecule has 0 bridgehead atoms. The fourth-order valence-electron chi connectivity index (χ4n) is 3.48. The maximum Gasteiger partial charge on any atom is 0.255 e. The van der Waals surface area contributed by atoms with Crippen LogP contribution in [0.1, 0.15) is 36.5 Å². The average Bonchev–Trinajstić information content (AvgIpc) is 3.34. The van der Waals surface area contributed by atoms with Crippen molar-refractivity contribution >= 4 is 28.7 Å². The van der Waals surface area contributed by atoms with Crippen LogP contribution >= 0.6 is 0 Å². The molecule has 2 aromatic rings. The van der Waals surface area contributed by atoms with Gasteiger partial charge in [-0.1, -0.05) is 0 Å². The van der Waals surface area contributed by atoms with Crippen molar-refractivity contribution in [1.29, 1.82) is 0 Å². The van der Waals surface area contributed by atoms with Gasteiger partial charge in [-0.25, -0.2) is 0 Å². The van der Waals surface area contributed by atoms with Gasteiger partial charge < -0.3 is 10.2 Å². The molecule has 1 saturated heterocycles. The van der Waals surface area contributed by atoms with Crippen LogP contribution in [0.15, 0.2) is 53.6 Å². The third kappa shape index (κ3) is 3.57. The van der Waals surface area contributed by atoms with Crippen LogP contribution in [0, 0.1) is 0 Å². The number of anilines is 3. The van der Waals surface area contributed by atoms with Gasteiger partial charge in [0.2, 0.25) is 0 Å². The van der Waals surface area contributed by atoms with Crippen molar-refractivity contribution in [2.45, 2.75) is 26.2 Å². The van der Waals surface area contributed by atoms with Crippen LogP contribution in [0.4, 0.5) is 17.1 Å². The van der Waals surface area contributed by atoms with E-state index in [1.54, 1.807) is 0 Å². The zero-order valence-corrected chi connectivity index (χ0v) is 15.1. The second-order valence-electron chi connectivity index (χ2n) is 6.95. The third-order valence-electron chi connectivity index (χ3n) is 5.00. The first-order chi connectivity index (χ1) is 12.7. The second-order valence-corrected chi connectivity index (χ2v) is 6.95. The van der Waals surface area contributed by atoms with Crippen LogP contribution < -0.4 is 15.2 Å². The maximum atomic E-state index is 12.5. The van der Waals surface area contributed by atoms with Crippen LogP contribution in [0.25, 0.3) is 0 Å². The van der Waals surface area contributed by atoms with Crippen molar-refractivity contribution in [2.24, 2.45) is 5.10 Å². The lowest BCUT2D eigenvalue weighted by Crippen LogP contribution is -2.17. The number of hydrazone groups is 1. The molecule has 0 aliphatic carbocycles. The first-order valence-corrected chi connectivity index (χ1v) is 9.27. The molecule has 0 spiro atoms. The van der Waals surface area contributed by atoms with E-state index in [2.05, 4.69) is 27.5 Å². The smallest absolute Gasteiger partial charge is 0.255 e. The Morgan fingerprint density at radius 3 is 2.19 bits per heavy atom. The summed E-state index contributed by atoms with van der Waals surface area (Å²) in [6.45, 7) is 5.19. The molecule has 0 radical (unpaired) electrons. The largest absolute Gasteiger partial charge is 0.372 e. The van der Waals surface area contributed by atoms with Gasteiger partial charge in [0.25, 0.3) is 5.91 Å². The Balaban J connectivity index is 1.39. The quantitative estimate of drug-likeness (QED) is 0.904. The van der Waals surface area contributed by atoms with E-state index >= 15 is 0 Å². The van der Waals surface area contributed by atoms with E-state index in [1.807, 2.05) is 48.3 Å². The van der Waals surface area contributed by atoms with Gasteiger partial charge in [-0.3, -0.25) is 9.80 Å². The summed E-state index contributed by atoms with van der Waals surface area (Å²) < 4.78 is 0. The number of nitrogens with one attached hydrogen (secondary N) is 1. The summed E-state index contributed by atoms with van der Waals surface area (Å²) in [5, 5.41) is 9.44. The number of carbonyl (C=O) groups excluding carboxylic acids is 1. The SMILES string of the molecule is CC1=NN(c2ccc(C(=O)Nc3ccc(N4CCCC4)cc3)cc2)CC1. The molecule has 2 aliphatic rings. The number of benzene rings is 2. The van der Waals surface area contributed by atoms with Crippen molar-refractivity contribution in [3.8, 4) is 0 Å². The molecule has 2 heterocycles. The molecule has 0 atom stereocenters. The minimum absolute atomic E-state index is 0.0911. The second kappa shape index (κ2) is 7.20. The van der Waals surface area contributed by atoms with Crippen LogP contribution in [-0.2, 0) is 0 Å². The zero-order chi connectivity index (χ0) is 17.9. The van der Waals surface area contributed by atoms with Crippen molar-refractivity contribution in [1.82, 2.24) is 0 Å². The lowest BCUT2D eigenvalue weighted by atomic mass is 10.1. The summed E-state index contributed by atoms with van der Waals surface area (Å²) in [5.74, 6) is -0.0911. The lowest BCUT2D eigenvalue weighted by Gasteiger charge is -2.18. The Kier molecular flexibility index (Phi) is 4.61. The fraction of sp³-hybridized carbons (Fsp3) is 0.333. The summed E-state index contributed by atoms with van der Waals surface area (Å²) in [4.78, 5) is 14.9. The van der Waals surface area contributed by atoms with E-state index in [-0.39, 0.29) is 5.91 Å². The molecule has 2 aromatic carbocycles. The summed E-state index contributed by atoms with van der Waals surface area (Å²) in [6.07, 6.45) is 3.52. The van der Waals surface area contributed by atoms with Crippen molar-refractivity contribution in [2.75, 3.05) is 34.9 Å². The van der Waals surface area contributed by atoms with Gasteiger partial charge in [-0.15, -0.1) is 0 Å². The molecule has 1 amide bonds. The number of carbonyl (C=O) groups is 1. The molecule has 0 aromatic heterocycles. The monoisotopic (exact) mass is 348 g/mol. The summed E-state index contributed by atoms with van der Waals surface area (Å²) >= 11 is 0. The molecule has 5 heteroatoms. The average molecular weight is 348 g/mol. The lowest BCUT2D eigenvalue weighted by molar-refractivity contribution is 0.102. The van der Waals surface area contributed by atoms with Gasteiger partial charge >= 0.3 is 0 Å². The fourth-order valence-corrected chi connectivity index (χ4v) is 3.48. The predicted octanol–water partition coefficient (Wildman–Crippen LogP) is 4.13. The number of rotatable bonds is 4. The molecule has 1 fully saturated rings. The summed E-state index contributed by atoms with van der Waals surface area (Å²) in [7, 11) is 0. The Labute approximate surface area is 154 Å². The van der Waals surface area contributed by atoms with Gasteiger partial charge in [0.05, 0.1) is 5.69 Å². The van der Waals surface area contributed by atoms with E-state index < -0.39 is 0 Å². The molecule has 4 rings (SSSR count). The normalized spacial score (nSPS) is 16.7. The zero-order valence-electron chi connectivity index (χ0n) is 15.1. The van der Waals surface area contributed by atoms with Gasteiger partial charge in [0.1, 0.15) is 0 Å². The molecule has 5 nitrogen and oxygen atoms in total. The molecular weight excluding hydrogens is 324 g/mol. The molecular formula is C21H24N4O. The summed E-state index contributed by atoms with van der Waals surface area (Å²) in [6, 6.07) is 15.7. The molecule has 26 heavy (non-hydrogen) atoms. The van der Waals surface area contributed by atoms with Crippen LogP contribution in [0.5, 0.6) is 0 Å². The van der Waals surface area contributed by atoms with E-state index in [1.165, 1.54) is 18.5 Å². The van der Waals surface area contributed by atoms with Gasteiger partial charge in [-0.05, 0) is 68.3 Å². The highest BCUT2D eigenvalue weighted by Crippen LogP contribution is 2.23. The Bertz CT molecular complexity index is 805. The molecule has 2 aliphatic heterocycles. The number of hydrogen-bond donors (Lipinski definition) is 1. The maximum absolute atomic E-state index is 12.5. The first-order valence-electron chi connectivity index (χ1n) is 9.27. The van der Waals surface area contributed by atoms with E-state index in [9.17, 15) is 4.79 Å². The summed E-state index contributed by atoms with van der Waals surface area (Å²) in [5.41, 5.74) is 4.86. The minimum atomic E-state index is -0.0911. The van der Waals surface area contributed by atoms with Crippen LogP contribution in [0.3, 0.4) is 0 Å². The van der Waals surface area contributed by atoms with Crippen molar-refractivity contribution in [3.63, 3.8) is 0 Å². The Hall–Kier alpha value is -2.82. The first kappa shape index (κ1) is 16.6. The molecule has 134 valence electrons. The number of amides is 1. The van der Waals surface area contributed by atoms with E-state index in [4.69, 9.17) is 0 Å². The highest BCUT2D eigenvalue weighted by Gasteiger charge is 2.14. The third-order valence-corrected chi connectivity index (χ3v) is 5.00. The van der Waals surface area contributed by atoms with Gasteiger partial charge in [0.15, 0.2) is 0 Å². The standard InChI is InChI=1S/C21H24N4O/c1-16-12-15-25(23-16)20-8-4-17(5-9-20)21(26)22-18-6-10-19(11-7-18)24-13-2-3-14-24/h4-11H,2-3,12-15H2,1H3,(H,22,26). The molecule has 1 N–H and O–H groups in total. The highest BCUT2D eigenvalue weighted by molar-refractivity contribution is 6.04. The van der Waals surface area contributed by atoms with Gasteiger partial charge in [-0.2, -0.15) is 5.10 Å². The van der Waals surface area contributed by atoms with E-state index in [0.29, 0.717) is 5.56 Å². The topological polar surface area (TPSA) is 47.9 Å². The molecule has 0 saturated carbocycles. The Morgan fingerprint density at radius 1 is 0.923 bits per heavy atom. The van der Waals surface area contributed by atoms with Crippen molar-refractivity contribution in [3.05, 3.63) is 54.1 Å². The van der Waals surface area contributed by atoms with E-state index in [0.717, 1.165) is 43.1 Å². The minimum Gasteiger partial charge on any atom is -0.372 e. The predicted molar refractivity (Wildman–Crippen MR) is 107 cm³/mol. The molecule has 0 unspecified atom stereocenters.